The highest BCUT2D eigenvalue weighted by Crippen LogP contribution is 2.45. The molecule has 3 aliphatic rings. The third kappa shape index (κ3) is 6.78. The highest BCUT2D eigenvalue weighted by Gasteiger charge is 2.23. The number of ether oxygens (including phenoxy) is 4. The van der Waals surface area contributed by atoms with E-state index in [1.54, 1.807) is 23.5 Å². The highest BCUT2D eigenvalue weighted by atomic mass is 32.2. The monoisotopic (exact) mass is 726 g/mol. The number of benzene rings is 3. The van der Waals surface area contributed by atoms with Crippen LogP contribution in [0.1, 0.15) is 11.4 Å². The summed E-state index contributed by atoms with van der Waals surface area (Å²) < 4.78 is 23.3. The molecule has 0 aliphatic carbocycles. The van der Waals surface area contributed by atoms with Gasteiger partial charge in [-0.25, -0.2) is 9.97 Å². The molecule has 0 fully saturated rings. The number of rotatable bonds is 0. The van der Waals surface area contributed by atoms with Gasteiger partial charge >= 0.3 is 0 Å². The van der Waals surface area contributed by atoms with Crippen molar-refractivity contribution in [3.63, 3.8) is 0 Å². The predicted molar refractivity (Wildman–Crippen MR) is 215 cm³/mol. The Morgan fingerprint density at radius 3 is 1.13 bits per heavy atom. The van der Waals surface area contributed by atoms with Gasteiger partial charge in [0.1, 0.15) is 0 Å². The van der Waals surface area contributed by atoms with E-state index >= 15 is 0 Å². The Morgan fingerprint density at radius 2 is 0.731 bits per heavy atom. The van der Waals surface area contributed by atoms with Crippen molar-refractivity contribution in [2.24, 2.45) is 0 Å². The third-order valence-electron chi connectivity index (χ3n) is 9.37. The number of aromatic nitrogens is 4. The minimum absolute atomic E-state index is 0.543. The molecule has 0 spiro atoms. The smallest absolute Gasteiger partial charge is 0.0806 e. The molecular weight excluding hydrogens is 689 g/mol. The lowest BCUT2D eigenvalue weighted by Crippen LogP contribution is -2.13. The summed E-state index contributed by atoms with van der Waals surface area (Å²) in [6.07, 6.45) is 0. The van der Waals surface area contributed by atoms with Crippen molar-refractivity contribution < 1.29 is 18.9 Å². The van der Waals surface area contributed by atoms with Gasteiger partial charge in [-0.15, -0.1) is 23.5 Å². The van der Waals surface area contributed by atoms with Crippen molar-refractivity contribution in [2.75, 3.05) is 64.4 Å². The van der Waals surface area contributed by atoms with Crippen LogP contribution in [-0.4, -0.2) is 84.3 Å². The van der Waals surface area contributed by atoms with Crippen LogP contribution in [0.3, 0.4) is 0 Å². The molecule has 0 unspecified atom stereocenters. The SMILES string of the molecule is c1ccc2c(c1)-c1cc3[nH]c(cc4nc(cc5[nH]c(cc-2n1)c1ccccc51)C1=C4SCCOCCOCCOCCOCCS1)c1ccccc31. The fourth-order valence-electron chi connectivity index (χ4n) is 6.97. The molecule has 262 valence electrons. The topological polar surface area (TPSA) is 94.3 Å². The summed E-state index contributed by atoms with van der Waals surface area (Å²) >= 11 is 3.59. The number of thioether (sulfide) groups is 2. The highest BCUT2D eigenvalue weighted by molar-refractivity contribution is 8.13. The molecule has 0 amide bonds. The Hall–Kier alpha value is -4.42. The molecule has 0 radical (unpaired) electrons. The van der Waals surface area contributed by atoms with Crippen LogP contribution in [0.4, 0.5) is 0 Å². The standard InChI is InChI=1S/C42H38N4O4S2/c1-2-8-28-27(7-1)33-23-35-29-9-3-5-11-31(29)37(44-35)25-39-41-42(52-22-20-50-18-16-48-14-13-47-15-17-49-19-21-51-41)40(46-39)26-38-32-12-6-4-10-30(32)36(45-38)24-34(28)43-33/h1-12,23-26,44-45H,13-22H2. The van der Waals surface area contributed by atoms with Crippen molar-refractivity contribution in [1.29, 1.82) is 0 Å². The van der Waals surface area contributed by atoms with Gasteiger partial charge in [-0.2, -0.15) is 0 Å². The van der Waals surface area contributed by atoms with Crippen molar-refractivity contribution in [1.82, 2.24) is 19.9 Å². The molecule has 9 rings (SSSR count). The summed E-state index contributed by atoms with van der Waals surface area (Å²) in [5.74, 6) is 1.57. The lowest BCUT2D eigenvalue weighted by molar-refractivity contribution is 0.00147. The van der Waals surface area contributed by atoms with E-state index in [-0.39, 0.29) is 0 Å². The molecule has 3 aromatic heterocycles. The van der Waals surface area contributed by atoms with Crippen LogP contribution in [0.25, 0.3) is 75.9 Å². The second-order valence-electron chi connectivity index (χ2n) is 12.7. The van der Waals surface area contributed by atoms with Gasteiger partial charge in [0.05, 0.1) is 75.6 Å². The Labute approximate surface area is 310 Å². The van der Waals surface area contributed by atoms with Crippen molar-refractivity contribution in [2.45, 2.75) is 0 Å². The minimum Gasteiger partial charge on any atom is -0.378 e. The molecule has 6 aromatic rings. The van der Waals surface area contributed by atoms with Crippen LogP contribution < -0.4 is 0 Å². The predicted octanol–water partition coefficient (Wildman–Crippen LogP) is 9.33. The maximum atomic E-state index is 5.98. The van der Waals surface area contributed by atoms with E-state index in [2.05, 4.69) is 107 Å². The van der Waals surface area contributed by atoms with Crippen molar-refractivity contribution in [3.05, 3.63) is 108 Å². The van der Waals surface area contributed by atoms with Crippen molar-refractivity contribution >= 4 is 76.9 Å². The van der Waals surface area contributed by atoms with E-state index in [1.165, 1.54) is 0 Å². The third-order valence-corrected chi connectivity index (χ3v) is 11.6. The first-order valence-corrected chi connectivity index (χ1v) is 19.7. The van der Waals surface area contributed by atoms with Gasteiger partial charge in [0, 0.05) is 76.1 Å². The molecule has 3 aliphatic heterocycles. The van der Waals surface area contributed by atoms with Gasteiger partial charge in [0.2, 0.25) is 0 Å². The summed E-state index contributed by atoms with van der Waals surface area (Å²) in [6, 6.07) is 34.3. The molecule has 52 heavy (non-hydrogen) atoms. The maximum absolute atomic E-state index is 5.98. The van der Waals surface area contributed by atoms with E-state index in [9.17, 15) is 0 Å². The summed E-state index contributed by atoms with van der Waals surface area (Å²) in [5, 5.41) is 4.56. The molecule has 2 N–H and O–H groups in total. The molecule has 10 heteroatoms. The molecule has 3 aromatic carbocycles. The summed E-state index contributed by atoms with van der Waals surface area (Å²) in [4.78, 5) is 20.5. The summed E-state index contributed by atoms with van der Waals surface area (Å²) in [5.41, 5.74) is 10.0. The number of nitrogens with zero attached hydrogens (tertiary/aromatic N) is 2. The number of nitrogens with one attached hydrogen (secondary N) is 2. The van der Waals surface area contributed by atoms with Gasteiger partial charge in [0.15, 0.2) is 0 Å². The number of H-pyrrole nitrogens is 2. The first-order chi connectivity index (χ1) is 25.8. The summed E-state index contributed by atoms with van der Waals surface area (Å²) in [6.45, 7) is 4.50. The van der Waals surface area contributed by atoms with E-state index in [0.717, 1.165) is 98.8 Å². The zero-order valence-electron chi connectivity index (χ0n) is 28.7. The number of aromatic amines is 2. The van der Waals surface area contributed by atoms with Gasteiger partial charge in [0.25, 0.3) is 0 Å². The normalized spacial score (nSPS) is 16.7. The van der Waals surface area contributed by atoms with Gasteiger partial charge in [-0.05, 0) is 24.3 Å². The van der Waals surface area contributed by atoms with Gasteiger partial charge < -0.3 is 28.9 Å². The van der Waals surface area contributed by atoms with E-state index in [0.29, 0.717) is 52.9 Å². The molecule has 0 saturated heterocycles. The Bertz CT molecular complexity index is 2310. The molecule has 0 saturated carbocycles. The average molecular weight is 727 g/mol. The number of hydrogen-bond donors (Lipinski definition) is 2. The molecule has 0 atom stereocenters. The van der Waals surface area contributed by atoms with E-state index in [4.69, 9.17) is 28.9 Å². The molecule has 8 bridgehead atoms. The van der Waals surface area contributed by atoms with Crippen LogP contribution >= 0.6 is 23.5 Å². The molecule has 8 nitrogen and oxygen atoms in total. The number of hydrogen-bond acceptors (Lipinski definition) is 8. The average Bonchev–Trinajstić information content (AvgIpc) is 3.90. The first kappa shape index (κ1) is 33.4. The first-order valence-electron chi connectivity index (χ1n) is 17.7. The minimum atomic E-state index is 0.543. The van der Waals surface area contributed by atoms with Crippen LogP contribution in [0.5, 0.6) is 0 Å². The lowest BCUT2D eigenvalue weighted by atomic mass is 10.0. The maximum Gasteiger partial charge on any atom is 0.0806 e. The molecular formula is C42H38N4O4S2. The second-order valence-corrected chi connectivity index (χ2v) is 14.9. The summed E-state index contributed by atoms with van der Waals surface area (Å²) in [7, 11) is 0. The Kier molecular flexibility index (Phi) is 9.82. The Morgan fingerprint density at radius 1 is 0.404 bits per heavy atom. The van der Waals surface area contributed by atoms with Gasteiger partial charge in [-0.1, -0.05) is 72.8 Å². The zero-order valence-corrected chi connectivity index (χ0v) is 30.3. The van der Waals surface area contributed by atoms with Crippen molar-refractivity contribution in [3.8, 4) is 22.5 Å². The zero-order chi connectivity index (χ0) is 34.7. The van der Waals surface area contributed by atoms with Crippen LogP contribution in [0.15, 0.2) is 97.1 Å². The lowest BCUT2D eigenvalue weighted by Gasteiger charge is -2.10. The molecule has 6 heterocycles. The second kappa shape index (κ2) is 15.3. The van der Waals surface area contributed by atoms with E-state index in [1.807, 2.05) is 0 Å². The Balaban J connectivity index is 1.28. The largest absolute Gasteiger partial charge is 0.378 e. The van der Waals surface area contributed by atoms with Crippen LogP contribution in [0, 0.1) is 0 Å². The fraction of sp³-hybridized carbons (Fsp3) is 0.238. The van der Waals surface area contributed by atoms with Crippen LogP contribution in [0.2, 0.25) is 0 Å². The van der Waals surface area contributed by atoms with Gasteiger partial charge in [-0.3, -0.25) is 0 Å². The van der Waals surface area contributed by atoms with Crippen LogP contribution in [-0.2, 0) is 18.9 Å². The fourth-order valence-corrected chi connectivity index (χ4v) is 9.11. The number of fused-ring (bicyclic) bond motifs is 19. The quantitative estimate of drug-likeness (QED) is 0.160. The van der Waals surface area contributed by atoms with E-state index < -0.39 is 0 Å².